The van der Waals surface area contributed by atoms with Crippen LogP contribution in [0, 0.1) is 6.92 Å². The van der Waals surface area contributed by atoms with Crippen LogP contribution in [-0.2, 0) is 16.2 Å². The molecule has 0 saturated heterocycles. The third-order valence-electron chi connectivity index (χ3n) is 5.97. The minimum Gasteiger partial charge on any atom is -0.432 e. The van der Waals surface area contributed by atoms with Crippen LogP contribution in [0.3, 0.4) is 0 Å². The predicted octanol–water partition coefficient (Wildman–Crippen LogP) is 4.97. The maximum absolute atomic E-state index is 13.3. The molecule has 3 aromatic carbocycles. The zero-order chi connectivity index (χ0) is 24.0. The average molecular weight is 452 g/mol. The van der Waals surface area contributed by atoms with Gasteiger partial charge in [-0.3, -0.25) is 9.59 Å². The lowest BCUT2D eigenvalue weighted by atomic mass is 9.97. The molecule has 0 atom stereocenters. The molecule has 5 rings (SSSR count). The second-order valence-corrected chi connectivity index (χ2v) is 7.90. The van der Waals surface area contributed by atoms with Crippen molar-refractivity contribution in [3.63, 3.8) is 0 Å². The van der Waals surface area contributed by atoms with Crippen molar-refractivity contribution in [2.24, 2.45) is 5.16 Å². The quantitative estimate of drug-likeness (QED) is 0.185. The van der Waals surface area contributed by atoms with Crippen molar-refractivity contribution in [1.82, 2.24) is 4.57 Å². The molecular formula is C27H20N2O5. The fourth-order valence-corrected chi connectivity index (χ4v) is 4.35. The number of benzene rings is 3. The number of rotatable bonds is 5. The molecule has 0 radical (unpaired) electrons. The molecule has 34 heavy (non-hydrogen) atoms. The van der Waals surface area contributed by atoms with Gasteiger partial charge in [0.1, 0.15) is 0 Å². The van der Waals surface area contributed by atoms with Gasteiger partial charge in [-0.15, -0.1) is 0 Å². The van der Waals surface area contributed by atoms with Crippen LogP contribution < -0.4 is 4.74 Å². The Bertz CT molecular complexity index is 1580. The summed E-state index contributed by atoms with van der Waals surface area (Å²) in [5, 5.41) is 5.04. The highest BCUT2D eigenvalue weighted by Gasteiger charge is 2.33. The standard InChI is InChI=1S/C27H20N2O5/c1-4-22(30)34-28-27-25(32)18-11-13-21-23(26(18)33-27)19-14-16(10-12-20(19)29(21)5-2)24(31)17-9-7-6-8-15(17)3/h4,6-14H,1,5H2,2-3H3/b28-27-. The topological polar surface area (TPSA) is 87.0 Å². The Balaban J connectivity index is 1.70. The molecule has 7 nitrogen and oxygen atoms in total. The monoisotopic (exact) mass is 452 g/mol. The van der Waals surface area contributed by atoms with Crippen LogP contribution in [-0.4, -0.2) is 28.0 Å². The van der Waals surface area contributed by atoms with E-state index in [1.54, 1.807) is 6.07 Å². The van der Waals surface area contributed by atoms with Gasteiger partial charge in [-0.25, -0.2) is 4.79 Å². The Morgan fingerprint density at radius 1 is 1.12 bits per heavy atom. The van der Waals surface area contributed by atoms with Crippen LogP contribution in [0.4, 0.5) is 0 Å². The van der Waals surface area contributed by atoms with Gasteiger partial charge >= 0.3 is 11.9 Å². The lowest BCUT2D eigenvalue weighted by molar-refractivity contribution is -0.137. The number of aromatic nitrogens is 1. The van der Waals surface area contributed by atoms with E-state index < -0.39 is 11.8 Å². The van der Waals surface area contributed by atoms with E-state index in [0.717, 1.165) is 28.1 Å². The van der Waals surface area contributed by atoms with Gasteiger partial charge in [0, 0.05) is 34.7 Å². The van der Waals surface area contributed by atoms with E-state index in [1.165, 1.54) is 0 Å². The third kappa shape index (κ3) is 3.21. The number of carbonyl (C=O) groups is 3. The maximum Gasteiger partial charge on any atom is 0.358 e. The van der Waals surface area contributed by atoms with Crippen molar-refractivity contribution >= 4 is 45.2 Å². The zero-order valence-corrected chi connectivity index (χ0v) is 18.6. The van der Waals surface area contributed by atoms with E-state index in [1.807, 2.05) is 62.4 Å². The van der Waals surface area contributed by atoms with Crippen LogP contribution in [0.1, 0.15) is 38.8 Å². The molecule has 0 amide bonds. The van der Waals surface area contributed by atoms with E-state index in [4.69, 9.17) is 4.74 Å². The number of aryl methyl sites for hydroxylation is 2. The second-order valence-electron chi connectivity index (χ2n) is 7.90. The Hall–Kier alpha value is -4.52. The summed E-state index contributed by atoms with van der Waals surface area (Å²) in [5.41, 5.74) is 4.14. The van der Waals surface area contributed by atoms with Gasteiger partial charge in [0.2, 0.25) is 0 Å². The Morgan fingerprint density at radius 3 is 2.62 bits per heavy atom. The number of nitrogens with zero attached hydrogens (tertiary/aromatic N) is 2. The Kier molecular flexibility index (Phi) is 5.09. The highest BCUT2D eigenvalue weighted by atomic mass is 16.7. The molecule has 0 unspecified atom stereocenters. The van der Waals surface area contributed by atoms with Crippen LogP contribution in [0.15, 0.2) is 72.4 Å². The number of fused-ring (bicyclic) bond motifs is 5. The fourth-order valence-electron chi connectivity index (χ4n) is 4.35. The van der Waals surface area contributed by atoms with Crippen LogP contribution in [0.2, 0.25) is 0 Å². The molecule has 2 heterocycles. The summed E-state index contributed by atoms with van der Waals surface area (Å²) in [6.45, 7) is 7.90. The Morgan fingerprint density at radius 2 is 1.88 bits per heavy atom. The molecule has 168 valence electrons. The van der Waals surface area contributed by atoms with Crippen LogP contribution in [0.25, 0.3) is 21.8 Å². The molecule has 0 spiro atoms. The summed E-state index contributed by atoms with van der Waals surface area (Å²) >= 11 is 0. The molecule has 1 aliphatic rings. The van der Waals surface area contributed by atoms with E-state index in [-0.39, 0.29) is 11.7 Å². The molecule has 1 aromatic heterocycles. The zero-order valence-electron chi connectivity index (χ0n) is 18.6. The smallest absolute Gasteiger partial charge is 0.358 e. The number of hydrogen-bond acceptors (Lipinski definition) is 6. The van der Waals surface area contributed by atoms with E-state index in [0.29, 0.717) is 34.4 Å². The summed E-state index contributed by atoms with van der Waals surface area (Å²) < 4.78 is 7.88. The molecule has 0 bridgehead atoms. The first-order valence-corrected chi connectivity index (χ1v) is 10.8. The second kappa shape index (κ2) is 8.12. The molecule has 4 aromatic rings. The van der Waals surface area contributed by atoms with E-state index >= 15 is 0 Å². The number of ether oxygens (including phenoxy) is 1. The fraction of sp³-hybridized carbons (Fsp3) is 0.111. The van der Waals surface area contributed by atoms with Crippen LogP contribution >= 0.6 is 0 Å². The summed E-state index contributed by atoms with van der Waals surface area (Å²) in [6.07, 6.45) is 0.941. The minimum atomic E-state index is -0.799. The van der Waals surface area contributed by atoms with Crippen molar-refractivity contribution < 1.29 is 24.0 Å². The lowest BCUT2D eigenvalue weighted by Gasteiger charge is -2.06. The van der Waals surface area contributed by atoms with Gasteiger partial charge < -0.3 is 14.1 Å². The first-order valence-electron chi connectivity index (χ1n) is 10.8. The number of ketones is 2. The van der Waals surface area contributed by atoms with Crippen LogP contribution in [0.5, 0.6) is 5.75 Å². The Labute approximate surface area is 194 Å². The summed E-state index contributed by atoms with van der Waals surface area (Å²) in [6, 6.07) is 16.5. The van der Waals surface area contributed by atoms with Gasteiger partial charge in [0.25, 0.3) is 5.78 Å². The number of carbonyl (C=O) groups excluding carboxylic acids is 3. The molecule has 0 fully saturated rings. The molecule has 0 aliphatic carbocycles. The lowest BCUT2D eigenvalue weighted by Crippen LogP contribution is -2.13. The highest BCUT2D eigenvalue weighted by molar-refractivity contribution is 6.47. The molecule has 7 heteroatoms. The number of Topliss-reactive ketones (excluding diaryl/α,β-unsaturated/α-hetero) is 1. The van der Waals surface area contributed by atoms with Crippen molar-refractivity contribution in [1.29, 1.82) is 0 Å². The molecule has 0 N–H and O–H groups in total. The molecule has 1 aliphatic heterocycles. The first-order chi connectivity index (χ1) is 16.4. The number of oxime groups is 1. The molecular weight excluding hydrogens is 432 g/mol. The molecule has 0 saturated carbocycles. The SMILES string of the molecule is C=CC(=O)O/N=C1\Oc2c(ccc3c2c2cc(C(=O)c4ccccc4C)ccc2n3CC)C1=O. The van der Waals surface area contributed by atoms with Crippen molar-refractivity contribution in [2.45, 2.75) is 20.4 Å². The highest BCUT2D eigenvalue weighted by Crippen LogP contribution is 2.41. The van der Waals surface area contributed by atoms with Crippen molar-refractivity contribution in [3.8, 4) is 5.75 Å². The van der Waals surface area contributed by atoms with Gasteiger partial charge in [-0.2, -0.15) is 0 Å². The summed E-state index contributed by atoms with van der Waals surface area (Å²) in [5.74, 6) is -1.37. The maximum atomic E-state index is 13.3. The van der Waals surface area contributed by atoms with Gasteiger partial charge in [-0.1, -0.05) is 30.8 Å². The van der Waals surface area contributed by atoms with Gasteiger partial charge in [0.15, 0.2) is 11.5 Å². The first kappa shape index (κ1) is 21.3. The summed E-state index contributed by atoms with van der Waals surface area (Å²) in [7, 11) is 0. The minimum absolute atomic E-state index is 0.0828. The van der Waals surface area contributed by atoms with E-state index in [9.17, 15) is 14.4 Å². The number of hydrogen-bond donors (Lipinski definition) is 0. The predicted molar refractivity (Wildman–Crippen MR) is 128 cm³/mol. The third-order valence-corrected chi connectivity index (χ3v) is 5.97. The van der Waals surface area contributed by atoms with Crippen molar-refractivity contribution in [3.05, 3.63) is 89.5 Å². The van der Waals surface area contributed by atoms with Crippen molar-refractivity contribution in [2.75, 3.05) is 0 Å². The summed E-state index contributed by atoms with van der Waals surface area (Å²) in [4.78, 5) is 42.1. The van der Waals surface area contributed by atoms with E-state index in [2.05, 4.69) is 21.1 Å². The van der Waals surface area contributed by atoms with Gasteiger partial charge in [0.05, 0.1) is 16.5 Å². The normalized spacial score (nSPS) is 13.8. The average Bonchev–Trinajstić information content (AvgIpc) is 3.35. The van der Waals surface area contributed by atoms with Gasteiger partial charge in [-0.05, 0) is 54.9 Å². The largest absolute Gasteiger partial charge is 0.432 e.